The van der Waals surface area contributed by atoms with Crippen molar-refractivity contribution in [3.63, 3.8) is 0 Å². The van der Waals surface area contributed by atoms with Crippen molar-refractivity contribution < 1.29 is 23.8 Å². The highest BCUT2D eigenvalue weighted by atomic mass is 32.1. The maximum Gasteiger partial charge on any atom is 0.341 e. The molecule has 1 aromatic carbocycles. The fourth-order valence-corrected chi connectivity index (χ4v) is 4.25. The summed E-state index contributed by atoms with van der Waals surface area (Å²) in [7, 11) is 1.54. The van der Waals surface area contributed by atoms with Gasteiger partial charge in [-0.05, 0) is 43.9 Å². The van der Waals surface area contributed by atoms with Gasteiger partial charge in [-0.1, -0.05) is 12.1 Å². The third kappa shape index (κ3) is 3.83. The molecule has 0 atom stereocenters. The van der Waals surface area contributed by atoms with Gasteiger partial charge in [0.05, 0.1) is 19.3 Å². The average Bonchev–Trinajstić information content (AvgIpc) is 3.21. The summed E-state index contributed by atoms with van der Waals surface area (Å²) in [5.74, 6) is 0.335. The number of anilines is 1. The maximum atomic E-state index is 12.3. The lowest BCUT2D eigenvalue weighted by molar-refractivity contribution is -0.118. The summed E-state index contributed by atoms with van der Waals surface area (Å²) in [6.07, 6.45) is 2.80. The molecule has 0 saturated carbocycles. The van der Waals surface area contributed by atoms with Gasteiger partial charge >= 0.3 is 5.97 Å². The quantitative estimate of drug-likeness (QED) is 0.751. The number of esters is 1. The number of fused-ring (bicyclic) bond motifs is 1. The van der Waals surface area contributed by atoms with Crippen LogP contribution in [0.25, 0.3) is 0 Å². The van der Waals surface area contributed by atoms with E-state index in [9.17, 15) is 9.59 Å². The standard InChI is InChI=1S/C19H21NO5S/c1-3-24-19(22)17-12-7-6-10-15(12)26-18(17)20-16(21)11-25-14-9-5-4-8-13(14)23-2/h4-5,8-9H,3,6-7,10-11H2,1-2H3,(H,20,21). The van der Waals surface area contributed by atoms with E-state index < -0.39 is 0 Å². The molecule has 1 aliphatic rings. The third-order valence-electron chi connectivity index (χ3n) is 4.08. The maximum absolute atomic E-state index is 12.3. The Hall–Kier alpha value is -2.54. The Morgan fingerprint density at radius 3 is 2.69 bits per heavy atom. The lowest BCUT2D eigenvalue weighted by Crippen LogP contribution is -2.21. The van der Waals surface area contributed by atoms with Crippen LogP contribution in [0, 0.1) is 0 Å². The predicted molar refractivity (Wildman–Crippen MR) is 99.4 cm³/mol. The summed E-state index contributed by atoms with van der Waals surface area (Å²) >= 11 is 1.45. The topological polar surface area (TPSA) is 73.9 Å². The lowest BCUT2D eigenvalue weighted by Gasteiger charge is -2.11. The van der Waals surface area contributed by atoms with Crippen molar-refractivity contribution in [3.8, 4) is 11.5 Å². The Bertz CT molecular complexity index is 814. The Balaban J connectivity index is 1.70. The first-order valence-corrected chi connectivity index (χ1v) is 9.33. The molecular formula is C19H21NO5S. The summed E-state index contributed by atoms with van der Waals surface area (Å²) < 4.78 is 15.9. The van der Waals surface area contributed by atoms with E-state index in [0.29, 0.717) is 28.7 Å². The van der Waals surface area contributed by atoms with E-state index in [2.05, 4.69) is 5.32 Å². The van der Waals surface area contributed by atoms with Gasteiger partial charge in [-0.25, -0.2) is 4.79 Å². The van der Waals surface area contributed by atoms with Crippen molar-refractivity contribution in [3.05, 3.63) is 40.3 Å². The lowest BCUT2D eigenvalue weighted by atomic mass is 10.1. The molecule has 1 aromatic heterocycles. The number of hydrogen-bond donors (Lipinski definition) is 1. The number of rotatable bonds is 7. The van der Waals surface area contributed by atoms with Gasteiger partial charge in [0.2, 0.25) is 0 Å². The van der Waals surface area contributed by atoms with E-state index >= 15 is 0 Å². The summed E-state index contributed by atoms with van der Waals surface area (Å²) in [6.45, 7) is 1.89. The van der Waals surface area contributed by atoms with Gasteiger partial charge in [0.25, 0.3) is 5.91 Å². The first kappa shape index (κ1) is 18.3. The Morgan fingerprint density at radius 1 is 1.19 bits per heavy atom. The summed E-state index contributed by atoms with van der Waals surface area (Å²) in [6, 6.07) is 7.12. The van der Waals surface area contributed by atoms with Crippen molar-refractivity contribution in [2.45, 2.75) is 26.2 Å². The van der Waals surface area contributed by atoms with Gasteiger partial charge in [0.1, 0.15) is 5.00 Å². The molecule has 7 heteroatoms. The molecule has 1 amide bonds. The second-order valence-electron chi connectivity index (χ2n) is 5.77. The van der Waals surface area contributed by atoms with Gasteiger partial charge in [-0.2, -0.15) is 0 Å². The van der Waals surface area contributed by atoms with E-state index in [1.807, 2.05) is 6.07 Å². The third-order valence-corrected chi connectivity index (χ3v) is 5.29. The number of thiophene rings is 1. The van der Waals surface area contributed by atoms with Crippen LogP contribution in [0.4, 0.5) is 5.00 Å². The Kier molecular flexibility index (Phi) is 5.78. The number of methoxy groups -OCH3 is 1. The molecule has 0 unspecified atom stereocenters. The van der Waals surface area contributed by atoms with E-state index in [0.717, 1.165) is 29.7 Å². The Morgan fingerprint density at radius 2 is 1.96 bits per heavy atom. The van der Waals surface area contributed by atoms with Crippen molar-refractivity contribution in [1.82, 2.24) is 0 Å². The highest BCUT2D eigenvalue weighted by Crippen LogP contribution is 2.39. The van der Waals surface area contributed by atoms with Crippen LogP contribution in [-0.2, 0) is 22.4 Å². The van der Waals surface area contributed by atoms with E-state index in [1.54, 1.807) is 32.2 Å². The molecule has 2 aromatic rings. The van der Waals surface area contributed by atoms with Crippen LogP contribution < -0.4 is 14.8 Å². The number of aryl methyl sites for hydroxylation is 1. The SMILES string of the molecule is CCOC(=O)c1c(NC(=O)COc2ccccc2OC)sc2c1CCC2. The van der Waals surface area contributed by atoms with Gasteiger partial charge in [0, 0.05) is 4.88 Å². The largest absolute Gasteiger partial charge is 0.493 e. The number of carbonyl (C=O) groups is 2. The second-order valence-corrected chi connectivity index (χ2v) is 6.87. The first-order valence-electron chi connectivity index (χ1n) is 8.51. The molecule has 0 spiro atoms. The molecule has 6 nitrogen and oxygen atoms in total. The zero-order chi connectivity index (χ0) is 18.5. The monoisotopic (exact) mass is 375 g/mol. The normalized spacial score (nSPS) is 12.4. The summed E-state index contributed by atoms with van der Waals surface area (Å²) in [5, 5.41) is 3.34. The molecule has 1 heterocycles. The van der Waals surface area contributed by atoms with Crippen LogP contribution in [-0.4, -0.2) is 32.2 Å². The van der Waals surface area contributed by atoms with Crippen LogP contribution in [0.1, 0.15) is 34.1 Å². The number of nitrogens with one attached hydrogen (secondary N) is 1. The number of carbonyl (C=O) groups excluding carboxylic acids is 2. The zero-order valence-electron chi connectivity index (χ0n) is 14.8. The molecule has 0 aliphatic heterocycles. The van der Waals surface area contributed by atoms with Crippen molar-refractivity contribution >= 4 is 28.2 Å². The fourth-order valence-electron chi connectivity index (χ4n) is 2.96. The van der Waals surface area contributed by atoms with Gasteiger partial charge in [0.15, 0.2) is 18.1 Å². The number of amides is 1. The molecule has 0 fully saturated rings. The molecule has 26 heavy (non-hydrogen) atoms. The number of benzene rings is 1. The highest BCUT2D eigenvalue weighted by molar-refractivity contribution is 7.17. The van der Waals surface area contributed by atoms with Gasteiger partial charge in [-0.15, -0.1) is 11.3 Å². The average molecular weight is 375 g/mol. The van der Waals surface area contributed by atoms with Crippen LogP contribution in [0.3, 0.4) is 0 Å². The van der Waals surface area contributed by atoms with Crippen LogP contribution in [0.15, 0.2) is 24.3 Å². The van der Waals surface area contributed by atoms with Crippen LogP contribution in [0.2, 0.25) is 0 Å². The predicted octanol–water partition coefficient (Wildman–Crippen LogP) is 3.44. The highest BCUT2D eigenvalue weighted by Gasteiger charge is 2.28. The molecule has 0 radical (unpaired) electrons. The van der Waals surface area contributed by atoms with Gasteiger partial charge < -0.3 is 19.5 Å². The molecule has 3 rings (SSSR count). The zero-order valence-corrected chi connectivity index (χ0v) is 15.6. The van der Waals surface area contributed by atoms with Gasteiger partial charge in [-0.3, -0.25) is 4.79 Å². The number of hydrogen-bond acceptors (Lipinski definition) is 6. The molecule has 0 saturated heterocycles. The van der Waals surface area contributed by atoms with Crippen molar-refractivity contribution in [1.29, 1.82) is 0 Å². The van der Waals surface area contributed by atoms with Crippen molar-refractivity contribution in [2.24, 2.45) is 0 Å². The van der Waals surface area contributed by atoms with Crippen LogP contribution >= 0.6 is 11.3 Å². The molecular weight excluding hydrogens is 354 g/mol. The van der Waals surface area contributed by atoms with Crippen molar-refractivity contribution in [2.75, 3.05) is 25.6 Å². The smallest absolute Gasteiger partial charge is 0.341 e. The molecule has 1 aliphatic carbocycles. The van der Waals surface area contributed by atoms with Crippen LogP contribution in [0.5, 0.6) is 11.5 Å². The minimum Gasteiger partial charge on any atom is -0.493 e. The number of para-hydroxylation sites is 2. The van der Waals surface area contributed by atoms with E-state index in [1.165, 1.54) is 11.3 Å². The summed E-state index contributed by atoms with van der Waals surface area (Å²) in [4.78, 5) is 25.8. The fraction of sp³-hybridized carbons (Fsp3) is 0.368. The Labute approximate surface area is 156 Å². The number of ether oxygens (including phenoxy) is 3. The van der Waals surface area contributed by atoms with E-state index in [4.69, 9.17) is 14.2 Å². The molecule has 1 N–H and O–H groups in total. The minimum absolute atomic E-state index is 0.175. The summed E-state index contributed by atoms with van der Waals surface area (Å²) in [5.41, 5.74) is 1.50. The molecule has 0 bridgehead atoms. The second kappa shape index (κ2) is 8.23. The molecule has 138 valence electrons. The first-order chi connectivity index (χ1) is 12.6. The minimum atomic E-state index is -0.382. The van der Waals surface area contributed by atoms with E-state index in [-0.39, 0.29) is 18.5 Å².